The van der Waals surface area contributed by atoms with Crippen molar-refractivity contribution in [1.29, 1.82) is 0 Å². The third-order valence-electron chi connectivity index (χ3n) is 2.28. The van der Waals surface area contributed by atoms with Crippen LogP contribution in [0.15, 0.2) is 39.5 Å². The summed E-state index contributed by atoms with van der Waals surface area (Å²) in [5.74, 6) is 0. The lowest BCUT2D eigenvalue weighted by Gasteiger charge is -2.07. The lowest BCUT2D eigenvalue weighted by molar-refractivity contribution is 1.13. The molecule has 1 nitrogen and oxygen atoms in total. The van der Waals surface area contributed by atoms with Crippen LogP contribution < -0.4 is 5.32 Å². The van der Waals surface area contributed by atoms with Gasteiger partial charge in [0.1, 0.15) is 0 Å². The van der Waals surface area contributed by atoms with Gasteiger partial charge in [0.2, 0.25) is 0 Å². The van der Waals surface area contributed by atoms with E-state index < -0.39 is 0 Å². The maximum atomic E-state index is 3.54. The second-order valence-corrected chi connectivity index (χ2v) is 5.01. The van der Waals surface area contributed by atoms with E-state index in [-0.39, 0.29) is 0 Å². The second kappa shape index (κ2) is 4.81. The molecule has 1 heterocycles. The first-order valence-electron chi connectivity index (χ1n) is 4.77. The first-order valence-corrected chi connectivity index (χ1v) is 6.51. The Kier molecular flexibility index (Phi) is 3.44. The summed E-state index contributed by atoms with van der Waals surface area (Å²) in [5, 5.41) is 7.73. The van der Waals surface area contributed by atoms with E-state index in [1.807, 2.05) is 6.07 Å². The Morgan fingerprint density at radius 3 is 2.73 bits per heavy atom. The van der Waals surface area contributed by atoms with Crippen molar-refractivity contribution in [2.24, 2.45) is 0 Å². The average molecular weight is 282 g/mol. The van der Waals surface area contributed by atoms with Crippen LogP contribution in [0.4, 0.5) is 5.69 Å². The van der Waals surface area contributed by atoms with Crippen molar-refractivity contribution in [3.63, 3.8) is 0 Å². The molecule has 0 saturated carbocycles. The zero-order valence-corrected chi connectivity index (χ0v) is 10.9. The van der Waals surface area contributed by atoms with Crippen molar-refractivity contribution in [2.75, 3.05) is 5.32 Å². The highest BCUT2D eigenvalue weighted by molar-refractivity contribution is 9.10. The molecule has 0 spiro atoms. The molecule has 1 aromatic carbocycles. The van der Waals surface area contributed by atoms with Gasteiger partial charge < -0.3 is 5.32 Å². The fraction of sp³-hybridized carbons (Fsp3) is 0.167. The summed E-state index contributed by atoms with van der Waals surface area (Å²) in [5.41, 5.74) is 3.82. The van der Waals surface area contributed by atoms with Gasteiger partial charge in [-0.25, -0.2) is 0 Å². The Hall–Kier alpha value is -0.800. The Morgan fingerprint density at radius 1 is 1.27 bits per heavy atom. The molecule has 0 saturated heterocycles. The predicted octanol–water partition coefficient (Wildman–Crippen LogP) is 4.43. The number of anilines is 1. The summed E-state index contributed by atoms with van der Waals surface area (Å²) in [6.07, 6.45) is 0. The van der Waals surface area contributed by atoms with Gasteiger partial charge in [-0.2, -0.15) is 0 Å². The Balaban J connectivity index is 2.06. The zero-order chi connectivity index (χ0) is 10.7. The van der Waals surface area contributed by atoms with Crippen molar-refractivity contribution < 1.29 is 0 Å². The van der Waals surface area contributed by atoms with E-state index in [1.54, 1.807) is 11.3 Å². The highest BCUT2D eigenvalue weighted by Gasteiger charge is 2.00. The molecule has 1 aromatic heterocycles. The van der Waals surface area contributed by atoms with Crippen molar-refractivity contribution in [3.05, 3.63) is 50.6 Å². The number of rotatable bonds is 3. The van der Waals surface area contributed by atoms with E-state index in [0.717, 1.165) is 11.0 Å². The number of hydrogen-bond donors (Lipinski definition) is 1. The van der Waals surface area contributed by atoms with Gasteiger partial charge in [-0.15, -0.1) is 11.3 Å². The maximum absolute atomic E-state index is 3.54. The quantitative estimate of drug-likeness (QED) is 0.878. The van der Waals surface area contributed by atoms with Crippen molar-refractivity contribution >= 4 is 33.0 Å². The average Bonchev–Trinajstić information content (AvgIpc) is 2.63. The highest BCUT2D eigenvalue weighted by Crippen LogP contribution is 2.22. The van der Waals surface area contributed by atoms with Gasteiger partial charge >= 0.3 is 0 Å². The minimum absolute atomic E-state index is 0.860. The molecule has 2 rings (SSSR count). The molecule has 3 heteroatoms. The minimum atomic E-state index is 0.860. The SMILES string of the molecule is Cc1cscc1NCc1ccccc1Br. The van der Waals surface area contributed by atoms with E-state index in [4.69, 9.17) is 0 Å². The van der Waals surface area contributed by atoms with E-state index in [0.29, 0.717) is 0 Å². The van der Waals surface area contributed by atoms with Crippen LogP contribution in [0.2, 0.25) is 0 Å². The molecule has 15 heavy (non-hydrogen) atoms. The molecule has 0 aliphatic carbocycles. The third-order valence-corrected chi connectivity index (χ3v) is 3.92. The van der Waals surface area contributed by atoms with Gasteiger partial charge in [-0.3, -0.25) is 0 Å². The summed E-state index contributed by atoms with van der Waals surface area (Å²) in [7, 11) is 0. The molecule has 0 amide bonds. The largest absolute Gasteiger partial charge is 0.380 e. The van der Waals surface area contributed by atoms with Gasteiger partial charge in [0, 0.05) is 22.1 Å². The second-order valence-electron chi connectivity index (χ2n) is 3.41. The molecule has 0 radical (unpaired) electrons. The van der Waals surface area contributed by atoms with E-state index in [9.17, 15) is 0 Å². The summed E-state index contributed by atoms with van der Waals surface area (Å²) in [6.45, 7) is 2.98. The summed E-state index contributed by atoms with van der Waals surface area (Å²) >= 11 is 5.27. The Labute approximate surface area is 102 Å². The van der Waals surface area contributed by atoms with Gasteiger partial charge in [0.15, 0.2) is 0 Å². The smallest absolute Gasteiger partial charge is 0.0481 e. The minimum Gasteiger partial charge on any atom is -0.380 e. The molecule has 78 valence electrons. The predicted molar refractivity (Wildman–Crippen MR) is 70.5 cm³/mol. The van der Waals surface area contributed by atoms with Crippen molar-refractivity contribution in [2.45, 2.75) is 13.5 Å². The Morgan fingerprint density at radius 2 is 2.07 bits per heavy atom. The molecule has 0 aliphatic rings. The van der Waals surface area contributed by atoms with Gasteiger partial charge in [-0.1, -0.05) is 34.1 Å². The standard InChI is InChI=1S/C12H12BrNS/c1-9-7-15-8-12(9)14-6-10-4-2-3-5-11(10)13/h2-5,7-8,14H,6H2,1H3. The first kappa shape index (κ1) is 10.7. The summed E-state index contributed by atoms with van der Waals surface area (Å²) in [6, 6.07) is 8.28. The van der Waals surface area contributed by atoms with Crippen LogP contribution in [0.25, 0.3) is 0 Å². The van der Waals surface area contributed by atoms with Crippen LogP contribution >= 0.6 is 27.3 Å². The molecule has 0 unspecified atom stereocenters. The molecule has 1 N–H and O–H groups in total. The van der Waals surface area contributed by atoms with E-state index >= 15 is 0 Å². The topological polar surface area (TPSA) is 12.0 Å². The first-order chi connectivity index (χ1) is 7.27. The van der Waals surface area contributed by atoms with Crippen LogP contribution in [0, 0.1) is 6.92 Å². The van der Waals surface area contributed by atoms with E-state index in [1.165, 1.54) is 16.8 Å². The van der Waals surface area contributed by atoms with E-state index in [2.05, 4.69) is 57.1 Å². The van der Waals surface area contributed by atoms with Crippen LogP contribution in [-0.2, 0) is 6.54 Å². The molecule has 0 aliphatic heterocycles. The number of benzene rings is 1. The summed E-state index contributed by atoms with van der Waals surface area (Å²) in [4.78, 5) is 0. The molecule has 0 fully saturated rings. The fourth-order valence-corrected chi connectivity index (χ4v) is 2.60. The third kappa shape index (κ3) is 2.61. The number of halogens is 1. The molecule has 0 atom stereocenters. The molecular weight excluding hydrogens is 270 g/mol. The number of nitrogens with one attached hydrogen (secondary N) is 1. The lowest BCUT2D eigenvalue weighted by Crippen LogP contribution is -1.99. The molecule has 2 aromatic rings. The molecule has 0 bridgehead atoms. The van der Waals surface area contributed by atoms with Gasteiger partial charge in [-0.05, 0) is 29.5 Å². The highest BCUT2D eigenvalue weighted by atomic mass is 79.9. The number of hydrogen-bond acceptors (Lipinski definition) is 2. The van der Waals surface area contributed by atoms with Crippen LogP contribution in [0.3, 0.4) is 0 Å². The zero-order valence-electron chi connectivity index (χ0n) is 8.46. The maximum Gasteiger partial charge on any atom is 0.0481 e. The normalized spacial score (nSPS) is 10.3. The number of aryl methyl sites for hydroxylation is 1. The van der Waals surface area contributed by atoms with Crippen LogP contribution in [0.5, 0.6) is 0 Å². The van der Waals surface area contributed by atoms with Gasteiger partial charge in [0.25, 0.3) is 0 Å². The van der Waals surface area contributed by atoms with Crippen molar-refractivity contribution in [1.82, 2.24) is 0 Å². The number of thiophene rings is 1. The lowest BCUT2D eigenvalue weighted by atomic mass is 10.2. The van der Waals surface area contributed by atoms with Crippen molar-refractivity contribution in [3.8, 4) is 0 Å². The fourth-order valence-electron chi connectivity index (χ4n) is 1.37. The van der Waals surface area contributed by atoms with Crippen LogP contribution in [-0.4, -0.2) is 0 Å². The van der Waals surface area contributed by atoms with Crippen LogP contribution in [0.1, 0.15) is 11.1 Å². The Bertz CT molecular complexity index is 450. The monoisotopic (exact) mass is 281 g/mol. The van der Waals surface area contributed by atoms with Gasteiger partial charge in [0.05, 0.1) is 0 Å². The molecular formula is C12H12BrNS. The summed E-state index contributed by atoms with van der Waals surface area (Å²) < 4.78 is 1.16.